The van der Waals surface area contributed by atoms with Gasteiger partial charge in [0, 0.05) is 17.8 Å². The summed E-state index contributed by atoms with van der Waals surface area (Å²) in [6.07, 6.45) is 5.92. The van der Waals surface area contributed by atoms with Crippen molar-refractivity contribution >= 4 is 39.6 Å². The molecule has 8 nitrogen and oxygen atoms in total. The van der Waals surface area contributed by atoms with E-state index in [-0.39, 0.29) is 23.7 Å². The Hall–Kier alpha value is -3.69. The number of Topliss-reactive ketones (excluding diaryl/α,β-unsaturated/α-hetero) is 1. The number of anilines is 2. The van der Waals surface area contributed by atoms with Crippen LogP contribution in [0.25, 0.3) is 0 Å². The lowest BCUT2D eigenvalue weighted by atomic mass is 9.87. The molecule has 1 atom stereocenters. The maximum atomic E-state index is 12.9. The summed E-state index contributed by atoms with van der Waals surface area (Å²) in [5, 5.41) is 7.45. The quantitative estimate of drug-likeness (QED) is 0.425. The van der Waals surface area contributed by atoms with Crippen molar-refractivity contribution in [1.29, 1.82) is 0 Å². The number of hydrogen-bond acceptors (Lipinski definition) is 8. The summed E-state index contributed by atoms with van der Waals surface area (Å²) in [6.45, 7) is 9.40. The monoisotopic (exact) mass is 542 g/mol. The number of rotatable bonds is 6. The highest BCUT2D eigenvalue weighted by Crippen LogP contribution is 2.31. The highest BCUT2D eigenvalue weighted by atomic mass is 32.1. The van der Waals surface area contributed by atoms with Crippen molar-refractivity contribution in [3.63, 3.8) is 0 Å². The van der Waals surface area contributed by atoms with Gasteiger partial charge in [-0.2, -0.15) is 0 Å². The van der Waals surface area contributed by atoms with Gasteiger partial charge in [-0.05, 0) is 74.2 Å². The van der Waals surface area contributed by atoms with Gasteiger partial charge in [-0.25, -0.2) is 9.97 Å². The molecule has 3 aromatic rings. The van der Waals surface area contributed by atoms with E-state index in [0.717, 1.165) is 13.0 Å². The SMILES string of the molecule is Cc1nc(C2=NCC(=O)C(Nc3ccc(C4CCCN4C)cn3)=C2)sc1NC(=O)c1ccc(C(C)(C)C)cc1. The highest BCUT2D eigenvalue weighted by molar-refractivity contribution is 7.18. The fraction of sp³-hybridized carbons (Fsp3) is 0.367. The van der Waals surface area contributed by atoms with Crippen LogP contribution in [-0.4, -0.2) is 52.4 Å². The molecule has 2 aliphatic rings. The van der Waals surface area contributed by atoms with E-state index < -0.39 is 0 Å². The number of carbonyl (C=O) groups excluding carboxylic acids is 2. The maximum absolute atomic E-state index is 12.9. The van der Waals surface area contributed by atoms with Gasteiger partial charge in [-0.3, -0.25) is 19.5 Å². The number of thiazole rings is 1. The molecule has 0 spiro atoms. The number of hydrogen-bond donors (Lipinski definition) is 2. The standard InChI is InChI=1S/C30H34N6O2S/c1-18-28(35-27(38)19-8-11-21(12-9-19)30(2,3)4)39-29(33-18)23-15-22(25(37)17-31-23)34-26-13-10-20(16-32-26)24-7-6-14-36(24)5/h8-13,15-16,24H,6-7,14,17H2,1-5H3,(H,32,34)(H,35,38). The molecule has 1 unspecified atom stereocenters. The Kier molecular flexibility index (Phi) is 7.46. The number of benzene rings is 1. The van der Waals surface area contributed by atoms with Crippen molar-refractivity contribution in [3.8, 4) is 0 Å². The molecule has 0 radical (unpaired) electrons. The van der Waals surface area contributed by atoms with E-state index in [0.29, 0.717) is 44.5 Å². The minimum absolute atomic E-state index is 0.0213. The number of nitrogens with zero attached hydrogens (tertiary/aromatic N) is 4. The van der Waals surface area contributed by atoms with Gasteiger partial charge in [0.25, 0.3) is 5.91 Å². The van der Waals surface area contributed by atoms with E-state index in [2.05, 4.69) is 64.4 Å². The number of aryl methyl sites for hydroxylation is 1. The minimum Gasteiger partial charge on any atom is -0.337 e. The molecule has 39 heavy (non-hydrogen) atoms. The number of dihydropyridines is 1. The van der Waals surface area contributed by atoms with Crippen LogP contribution in [0.15, 0.2) is 59.4 Å². The van der Waals surface area contributed by atoms with Gasteiger partial charge in [-0.15, -0.1) is 0 Å². The van der Waals surface area contributed by atoms with Gasteiger partial charge in [0.1, 0.15) is 22.4 Å². The fourth-order valence-corrected chi connectivity index (χ4v) is 5.75. The second-order valence-corrected chi connectivity index (χ2v) is 12.1. The molecule has 2 aromatic heterocycles. The predicted molar refractivity (Wildman–Crippen MR) is 157 cm³/mol. The number of aliphatic imine (C=N–C) groups is 1. The summed E-state index contributed by atoms with van der Waals surface area (Å²) in [4.78, 5) is 41.5. The van der Waals surface area contributed by atoms with Crippen molar-refractivity contribution in [2.75, 3.05) is 30.8 Å². The lowest BCUT2D eigenvalue weighted by Gasteiger charge is -2.19. The summed E-state index contributed by atoms with van der Waals surface area (Å²) in [5.74, 6) is 0.312. The number of likely N-dealkylation sites (tertiary alicyclic amines) is 1. The summed E-state index contributed by atoms with van der Waals surface area (Å²) in [5.41, 5.74) is 4.69. The molecule has 4 heterocycles. The second kappa shape index (κ2) is 10.8. The van der Waals surface area contributed by atoms with E-state index in [1.165, 1.54) is 28.9 Å². The molecule has 2 N–H and O–H groups in total. The Morgan fingerprint density at radius 3 is 2.54 bits per heavy atom. The molecule has 1 aromatic carbocycles. The Labute approximate surface area is 233 Å². The molecule has 202 valence electrons. The van der Waals surface area contributed by atoms with Crippen LogP contribution in [0.2, 0.25) is 0 Å². The number of amides is 1. The van der Waals surface area contributed by atoms with Gasteiger partial charge < -0.3 is 10.6 Å². The smallest absolute Gasteiger partial charge is 0.256 e. The number of pyridine rings is 1. The van der Waals surface area contributed by atoms with Crippen molar-refractivity contribution in [1.82, 2.24) is 14.9 Å². The molecule has 9 heteroatoms. The normalized spacial score (nSPS) is 18.1. The third-order valence-electron chi connectivity index (χ3n) is 7.18. The molecule has 5 rings (SSSR count). The van der Waals surface area contributed by atoms with E-state index >= 15 is 0 Å². The number of aromatic nitrogens is 2. The van der Waals surface area contributed by atoms with Crippen molar-refractivity contribution < 1.29 is 9.59 Å². The summed E-state index contributed by atoms with van der Waals surface area (Å²) in [6, 6.07) is 12.0. The predicted octanol–water partition coefficient (Wildman–Crippen LogP) is 5.53. The maximum Gasteiger partial charge on any atom is 0.256 e. The molecule has 0 bridgehead atoms. The number of nitrogens with one attached hydrogen (secondary N) is 2. The first-order valence-corrected chi connectivity index (χ1v) is 14.0. The minimum atomic E-state index is -0.189. The Morgan fingerprint density at radius 2 is 1.90 bits per heavy atom. The van der Waals surface area contributed by atoms with Crippen LogP contribution in [-0.2, 0) is 10.2 Å². The summed E-state index contributed by atoms with van der Waals surface area (Å²) < 4.78 is 0. The van der Waals surface area contributed by atoms with Crippen LogP contribution in [0.5, 0.6) is 0 Å². The van der Waals surface area contributed by atoms with E-state index in [1.807, 2.05) is 43.5 Å². The van der Waals surface area contributed by atoms with E-state index in [9.17, 15) is 9.59 Å². The van der Waals surface area contributed by atoms with Crippen molar-refractivity contribution in [2.45, 2.75) is 52.0 Å². The third kappa shape index (κ3) is 5.99. The molecule has 1 fully saturated rings. The first-order chi connectivity index (χ1) is 18.6. The third-order valence-corrected chi connectivity index (χ3v) is 8.28. The zero-order valence-electron chi connectivity index (χ0n) is 23.0. The van der Waals surface area contributed by atoms with Gasteiger partial charge in [-0.1, -0.05) is 50.3 Å². The molecular weight excluding hydrogens is 508 g/mol. The summed E-state index contributed by atoms with van der Waals surface area (Å²) >= 11 is 1.34. The van der Waals surface area contributed by atoms with Gasteiger partial charge in [0.05, 0.1) is 17.1 Å². The average molecular weight is 543 g/mol. The summed E-state index contributed by atoms with van der Waals surface area (Å²) in [7, 11) is 2.14. The van der Waals surface area contributed by atoms with Gasteiger partial charge >= 0.3 is 0 Å². The number of carbonyl (C=O) groups is 2. The molecule has 0 aliphatic carbocycles. The van der Waals surface area contributed by atoms with Crippen molar-refractivity contribution in [3.05, 3.63) is 81.8 Å². The largest absolute Gasteiger partial charge is 0.337 e. The zero-order chi connectivity index (χ0) is 27.7. The molecular formula is C30H34N6O2S. The lowest BCUT2D eigenvalue weighted by molar-refractivity contribution is -0.114. The Bertz CT molecular complexity index is 1450. The van der Waals surface area contributed by atoms with Gasteiger partial charge in [0.2, 0.25) is 0 Å². The average Bonchev–Trinajstić information content (AvgIpc) is 3.50. The number of allylic oxidation sites excluding steroid dienone is 1. The van der Waals surface area contributed by atoms with E-state index in [1.54, 1.807) is 6.08 Å². The van der Waals surface area contributed by atoms with E-state index in [4.69, 9.17) is 0 Å². The van der Waals surface area contributed by atoms with Crippen molar-refractivity contribution in [2.24, 2.45) is 4.99 Å². The van der Waals surface area contributed by atoms with Crippen LogP contribution in [0.4, 0.5) is 10.8 Å². The van der Waals surface area contributed by atoms with Crippen LogP contribution >= 0.6 is 11.3 Å². The van der Waals surface area contributed by atoms with Crippen LogP contribution in [0.3, 0.4) is 0 Å². The fourth-order valence-electron chi connectivity index (χ4n) is 4.80. The second-order valence-electron chi connectivity index (χ2n) is 11.1. The highest BCUT2D eigenvalue weighted by Gasteiger charge is 2.24. The molecule has 1 saturated heterocycles. The van der Waals surface area contributed by atoms with Crippen LogP contribution in [0, 0.1) is 6.92 Å². The number of ketones is 1. The molecule has 2 aliphatic heterocycles. The van der Waals surface area contributed by atoms with Gasteiger partial charge in [0.15, 0.2) is 5.78 Å². The van der Waals surface area contributed by atoms with Crippen LogP contribution in [0.1, 0.15) is 71.8 Å². The molecule has 0 saturated carbocycles. The Balaban J connectivity index is 1.28. The first-order valence-electron chi connectivity index (χ1n) is 13.2. The lowest BCUT2D eigenvalue weighted by Crippen LogP contribution is -2.22. The first kappa shape index (κ1) is 26.9. The van der Waals surface area contributed by atoms with Crippen LogP contribution < -0.4 is 10.6 Å². The topological polar surface area (TPSA) is 99.6 Å². The molecule has 1 amide bonds. The Morgan fingerprint density at radius 1 is 1.13 bits per heavy atom. The zero-order valence-corrected chi connectivity index (χ0v) is 23.9.